The number of benzene rings is 1. The van der Waals surface area contributed by atoms with Crippen LogP contribution < -0.4 is 5.32 Å². The summed E-state index contributed by atoms with van der Waals surface area (Å²) in [5.41, 5.74) is 7.07. The van der Waals surface area contributed by atoms with E-state index in [1.165, 1.54) is 39.7 Å². The summed E-state index contributed by atoms with van der Waals surface area (Å²) in [6.07, 6.45) is 2.34. The molecule has 18 heavy (non-hydrogen) atoms. The molecule has 1 aromatic heterocycles. The summed E-state index contributed by atoms with van der Waals surface area (Å²) in [5.74, 6) is 0. The molecule has 0 saturated carbocycles. The number of hydrogen-bond acceptors (Lipinski definition) is 1. The number of rotatable bonds is 4. The zero-order valence-electron chi connectivity index (χ0n) is 12.2. The third-order valence-corrected chi connectivity index (χ3v) is 3.87. The topological polar surface area (TPSA) is 17.0 Å². The molecule has 0 aliphatic rings. The normalized spacial score (nSPS) is 11.4. The Hall–Kier alpha value is -1.28. The highest BCUT2D eigenvalue weighted by Crippen LogP contribution is 2.29. The Morgan fingerprint density at radius 1 is 1.17 bits per heavy atom. The minimum absolute atomic E-state index is 1.08. The number of hydrogen-bond donors (Lipinski definition) is 1. The maximum Gasteiger partial charge on any atom is 0.0488 e. The lowest BCUT2D eigenvalue weighted by molar-refractivity contribution is 0.696. The molecule has 2 aromatic rings. The molecule has 1 aromatic carbocycles. The molecule has 0 unspecified atom stereocenters. The average Bonchev–Trinajstić information content (AvgIpc) is 2.54. The van der Waals surface area contributed by atoms with Gasteiger partial charge in [0.05, 0.1) is 0 Å². The van der Waals surface area contributed by atoms with Gasteiger partial charge in [-0.3, -0.25) is 0 Å². The maximum atomic E-state index is 3.22. The highest BCUT2D eigenvalue weighted by Gasteiger charge is 2.13. The summed E-state index contributed by atoms with van der Waals surface area (Å²) < 4.78 is 2.38. The lowest BCUT2D eigenvalue weighted by Crippen LogP contribution is -2.09. The second-order valence-corrected chi connectivity index (χ2v) is 5.31. The van der Waals surface area contributed by atoms with Crippen LogP contribution in [0.5, 0.6) is 0 Å². The van der Waals surface area contributed by atoms with Crippen molar-refractivity contribution in [1.29, 1.82) is 0 Å². The van der Waals surface area contributed by atoms with Gasteiger partial charge < -0.3 is 9.88 Å². The van der Waals surface area contributed by atoms with Crippen LogP contribution in [0.3, 0.4) is 0 Å². The molecule has 2 nitrogen and oxygen atoms in total. The molecule has 1 heterocycles. The van der Waals surface area contributed by atoms with Gasteiger partial charge in [0.15, 0.2) is 0 Å². The fourth-order valence-corrected chi connectivity index (χ4v) is 3.03. The van der Waals surface area contributed by atoms with Crippen LogP contribution in [0.1, 0.15) is 28.8 Å². The van der Waals surface area contributed by atoms with Gasteiger partial charge in [0.1, 0.15) is 0 Å². The summed E-state index contributed by atoms with van der Waals surface area (Å²) in [6, 6.07) is 4.59. The molecule has 0 spiro atoms. The van der Waals surface area contributed by atoms with E-state index in [4.69, 9.17) is 0 Å². The second kappa shape index (κ2) is 5.15. The van der Waals surface area contributed by atoms with Crippen LogP contribution in [-0.2, 0) is 13.5 Å². The van der Waals surface area contributed by atoms with Gasteiger partial charge in [0, 0.05) is 23.6 Å². The Morgan fingerprint density at radius 3 is 2.56 bits per heavy atom. The summed E-state index contributed by atoms with van der Waals surface area (Å²) in [7, 11) is 4.21. The van der Waals surface area contributed by atoms with E-state index in [1.54, 1.807) is 0 Å². The maximum absolute atomic E-state index is 3.22. The number of nitrogens with one attached hydrogen (secondary N) is 1. The first-order valence-corrected chi connectivity index (χ1v) is 6.76. The number of aromatic nitrogens is 1. The van der Waals surface area contributed by atoms with Crippen LogP contribution in [0, 0.1) is 20.8 Å². The zero-order chi connectivity index (χ0) is 13.3. The lowest BCUT2D eigenvalue weighted by Gasteiger charge is -2.05. The first kappa shape index (κ1) is 13.2. The molecule has 0 aliphatic carbocycles. The molecule has 2 rings (SSSR count). The van der Waals surface area contributed by atoms with Crippen LogP contribution >= 0.6 is 0 Å². The molecule has 98 valence electrons. The van der Waals surface area contributed by atoms with E-state index < -0.39 is 0 Å². The molecule has 0 fully saturated rings. The van der Waals surface area contributed by atoms with E-state index in [9.17, 15) is 0 Å². The van der Waals surface area contributed by atoms with Gasteiger partial charge in [-0.1, -0.05) is 6.07 Å². The van der Waals surface area contributed by atoms with E-state index in [2.05, 4.69) is 49.8 Å². The van der Waals surface area contributed by atoms with Crippen molar-refractivity contribution in [3.63, 3.8) is 0 Å². The largest absolute Gasteiger partial charge is 0.347 e. The van der Waals surface area contributed by atoms with Crippen molar-refractivity contribution in [3.8, 4) is 0 Å². The van der Waals surface area contributed by atoms with Crippen molar-refractivity contribution < 1.29 is 0 Å². The second-order valence-electron chi connectivity index (χ2n) is 5.31. The quantitative estimate of drug-likeness (QED) is 0.817. The van der Waals surface area contributed by atoms with Crippen molar-refractivity contribution in [1.82, 2.24) is 9.88 Å². The minimum Gasteiger partial charge on any atom is -0.347 e. The highest BCUT2D eigenvalue weighted by atomic mass is 14.9. The zero-order valence-corrected chi connectivity index (χ0v) is 12.2. The Morgan fingerprint density at radius 2 is 1.89 bits per heavy atom. The summed E-state index contributed by atoms with van der Waals surface area (Å²) in [5, 5.41) is 4.67. The van der Waals surface area contributed by atoms with E-state index in [1.807, 2.05) is 7.05 Å². The van der Waals surface area contributed by atoms with E-state index in [0.717, 1.165) is 13.0 Å². The number of fused-ring (bicyclic) bond motifs is 1. The van der Waals surface area contributed by atoms with Crippen LogP contribution in [0.15, 0.2) is 12.1 Å². The van der Waals surface area contributed by atoms with Crippen LogP contribution in [0.2, 0.25) is 0 Å². The first-order valence-electron chi connectivity index (χ1n) is 6.76. The predicted octanol–water partition coefficient (Wildman–Crippen LogP) is 3.26. The molecule has 0 amide bonds. The fourth-order valence-electron chi connectivity index (χ4n) is 3.03. The smallest absolute Gasteiger partial charge is 0.0488 e. The van der Waals surface area contributed by atoms with Crippen molar-refractivity contribution in [3.05, 3.63) is 34.5 Å². The molecule has 0 radical (unpaired) electrons. The Balaban J connectivity index is 2.51. The van der Waals surface area contributed by atoms with Gasteiger partial charge in [-0.2, -0.15) is 0 Å². The van der Waals surface area contributed by atoms with Gasteiger partial charge in [-0.15, -0.1) is 0 Å². The summed E-state index contributed by atoms with van der Waals surface area (Å²) >= 11 is 0. The molecule has 0 aliphatic heterocycles. The molecular weight excluding hydrogens is 220 g/mol. The van der Waals surface area contributed by atoms with Crippen molar-refractivity contribution in [2.24, 2.45) is 7.05 Å². The van der Waals surface area contributed by atoms with Gasteiger partial charge in [-0.05, 0) is 70.0 Å². The molecule has 1 N–H and O–H groups in total. The third kappa shape index (κ3) is 2.17. The SMILES string of the molecule is CNCCCc1c(C)c2c(C)cc(C)cc2n1C. The predicted molar refractivity (Wildman–Crippen MR) is 79.4 cm³/mol. The van der Waals surface area contributed by atoms with E-state index in [0.29, 0.717) is 0 Å². The summed E-state index contributed by atoms with van der Waals surface area (Å²) in [6.45, 7) is 7.74. The third-order valence-electron chi connectivity index (χ3n) is 3.87. The Labute approximate surface area is 110 Å². The molecule has 0 bridgehead atoms. The average molecular weight is 244 g/mol. The van der Waals surface area contributed by atoms with Crippen molar-refractivity contribution >= 4 is 10.9 Å². The van der Waals surface area contributed by atoms with Gasteiger partial charge >= 0.3 is 0 Å². The molecule has 0 saturated heterocycles. The van der Waals surface area contributed by atoms with Crippen molar-refractivity contribution in [2.75, 3.05) is 13.6 Å². The van der Waals surface area contributed by atoms with Crippen LogP contribution in [0.25, 0.3) is 10.9 Å². The van der Waals surface area contributed by atoms with Gasteiger partial charge in [-0.25, -0.2) is 0 Å². The highest BCUT2D eigenvalue weighted by molar-refractivity contribution is 5.89. The number of nitrogens with zero attached hydrogens (tertiary/aromatic N) is 1. The van der Waals surface area contributed by atoms with Crippen molar-refractivity contribution in [2.45, 2.75) is 33.6 Å². The van der Waals surface area contributed by atoms with Gasteiger partial charge in [0.2, 0.25) is 0 Å². The Bertz CT molecular complexity index is 564. The van der Waals surface area contributed by atoms with Gasteiger partial charge in [0.25, 0.3) is 0 Å². The standard InChI is InChI=1S/C16H24N2/c1-11-9-12(2)16-13(3)14(7-6-8-17-4)18(5)15(16)10-11/h9-10,17H,6-8H2,1-5H3. The van der Waals surface area contributed by atoms with Crippen LogP contribution in [-0.4, -0.2) is 18.2 Å². The van der Waals surface area contributed by atoms with E-state index >= 15 is 0 Å². The fraction of sp³-hybridized carbons (Fsp3) is 0.500. The van der Waals surface area contributed by atoms with E-state index in [-0.39, 0.29) is 0 Å². The molecular formula is C16H24N2. The first-order chi connectivity index (χ1) is 8.56. The lowest BCUT2D eigenvalue weighted by atomic mass is 10.0. The molecule has 0 atom stereocenters. The Kier molecular flexibility index (Phi) is 3.76. The molecule has 2 heteroatoms. The monoisotopic (exact) mass is 244 g/mol. The van der Waals surface area contributed by atoms with Crippen LogP contribution in [0.4, 0.5) is 0 Å². The number of aryl methyl sites for hydroxylation is 4. The minimum atomic E-state index is 1.08. The summed E-state index contributed by atoms with van der Waals surface area (Å²) in [4.78, 5) is 0.